The van der Waals surface area contributed by atoms with Crippen molar-refractivity contribution in [2.75, 3.05) is 0 Å². The highest BCUT2D eigenvalue weighted by molar-refractivity contribution is 9.10. The van der Waals surface area contributed by atoms with Gasteiger partial charge in [0.2, 0.25) is 0 Å². The van der Waals surface area contributed by atoms with Gasteiger partial charge in [-0.05, 0) is 34.7 Å². The molecule has 1 aromatic rings. The van der Waals surface area contributed by atoms with Crippen LogP contribution in [0.5, 0.6) is 0 Å². The van der Waals surface area contributed by atoms with E-state index >= 15 is 0 Å². The summed E-state index contributed by atoms with van der Waals surface area (Å²) in [6, 6.07) is 0. The fourth-order valence-electron chi connectivity index (χ4n) is 1.43. The highest BCUT2D eigenvalue weighted by Crippen LogP contribution is 2.13. The van der Waals surface area contributed by atoms with Gasteiger partial charge in [-0.15, -0.1) is 0 Å². The average Bonchev–Trinajstić information content (AvgIpc) is 2.13. The molecule has 3 nitrogen and oxygen atoms in total. The van der Waals surface area contributed by atoms with Gasteiger partial charge in [0, 0.05) is 6.42 Å². The Balaban J connectivity index is 3.07. The van der Waals surface area contributed by atoms with Crippen molar-refractivity contribution >= 4 is 15.9 Å². The van der Waals surface area contributed by atoms with Crippen molar-refractivity contribution in [2.45, 2.75) is 40.0 Å². The molecule has 0 aliphatic carbocycles. The molecule has 0 bridgehead atoms. The minimum atomic E-state index is -0.0656. The fraction of sp³-hybridized carbons (Fsp3) is 0.636. The van der Waals surface area contributed by atoms with E-state index in [2.05, 4.69) is 46.7 Å². The van der Waals surface area contributed by atoms with Gasteiger partial charge >= 0.3 is 0 Å². The van der Waals surface area contributed by atoms with Crippen molar-refractivity contribution in [1.82, 2.24) is 9.97 Å². The number of H-pyrrole nitrogens is 1. The first-order valence-electron chi connectivity index (χ1n) is 5.32. The van der Waals surface area contributed by atoms with Crippen LogP contribution < -0.4 is 5.56 Å². The third-order valence-electron chi connectivity index (χ3n) is 2.07. The molecular weight excluding hydrogens is 256 g/mol. The lowest BCUT2D eigenvalue weighted by atomic mass is 10.1. The van der Waals surface area contributed by atoms with Crippen LogP contribution in [0.1, 0.15) is 38.7 Å². The van der Waals surface area contributed by atoms with E-state index in [0.717, 1.165) is 30.8 Å². The van der Waals surface area contributed by atoms with Crippen molar-refractivity contribution in [2.24, 2.45) is 5.92 Å². The summed E-state index contributed by atoms with van der Waals surface area (Å²) in [6.07, 6.45) is 2.65. The maximum Gasteiger partial charge on any atom is 0.265 e. The number of aromatic amines is 1. The van der Waals surface area contributed by atoms with Crippen LogP contribution in [-0.4, -0.2) is 9.97 Å². The van der Waals surface area contributed by atoms with Crippen molar-refractivity contribution in [3.63, 3.8) is 0 Å². The maximum absolute atomic E-state index is 11.6. The third-order valence-corrected chi connectivity index (χ3v) is 2.89. The van der Waals surface area contributed by atoms with Gasteiger partial charge < -0.3 is 4.98 Å². The van der Waals surface area contributed by atoms with Gasteiger partial charge in [0.15, 0.2) is 0 Å². The van der Waals surface area contributed by atoms with E-state index in [-0.39, 0.29) is 5.56 Å². The lowest BCUT2D eigenvalue weighted by molar-refractivity contribution is 0.625. The number of nitrogens with one attached hydrogen (secondary N) is 1. The maximum atomic E-state index is 11.6. The molecule has 0 fully saturated rings. The molecule has 0 atom stereocenters. The Morgan fingerprint density at radius 2 is 2.13 bits per heavy atom. The molecule has 0 amide bonds. The molecule has 0 radical (unpaired) electrons. The molecular formula is C11H17BrN2O. The van der Waals surface area contributed by atoms with Crippen molar-refractivity contribution in [1.29, 1.82) is 0 Å². The highest BCUT2D eigenvalue weighted by atomic mass is 79.9. The average molecular weight is 273 g/mol. The van der Waals surface area contributed by atoms with Crippen molar-refractivity contribution in [3.8, 4) is 0 Å². The summed E-state index contributed by atoms with van der Waals surface area (Å²) in [5.74, 6) is 1.30. The number of nitrogens with zero attached hydrogens (tertiary/aromatic N) is 1. The molecule has 1 N–H and O–H groups in total. The minimum Gasteiger partial charge on any atom is -0.310 e. The summed E-state index contributed by atoms with van der Waals surface area (Å²) in [7, 11) is 0. The van der Waals surface area contributed by atoms with E-state index in [1.807, 2.05) is 0 Å². The van der Waals surface area contributed by atoms with Crippen LogP contribution in [0.25, 0.3) is 0 Å². The van der Waals surface area contributed by atoms with Crippen LogP contribution >= 0.6 is 15.9 Å². The van der Waals surface area contributed by atoms with Crippen LogP contribution in [0.15, 0.2) is 9.27 Å². The molecule has 0 spiro atoms. The molecule has 4 heteroatoms. The Labute approximate surface area is 98.5 Å². The largest absolute Gasteiger partial charge is 0.310 e. The fourth-order valence-corrected chi connectivity index (χ4v) is 1.78. The number of aromatic nitrogens is 2. The number of halogens is 1. The zero-order valence-electron chi connectivity index (χ0n) is 9.43. The predicted octanol–water partition coefficient (Wildman–Crippen LogP) is 2.68. The van der Waals surface area contributed by atoms with Crippen LogP contribution in [0, 0.1) is 5.92 Å². The Morgan fingerprint density at radius 1 is 1.47 bits per heavy atom. The Morgan fingerprint density at radius 3 is 2.67 bits per heavy atom. The third kappa shape index (κ3) is 3.45. The molecule has 1 heterocycles. The summed E-state index contributed by atoms with van der Waals surface area (Å²) in [5.41, 5.74) is 0.807. The normalized spacial score (nSPS) is 11.0. The molecule has 0 unspecified atom stereocenters. The summed E-state index contributed by atoms with van der Waals surface area (Å²) in [5, 5.41) is 0. The Hall–Kier alpha value is -0.640. The van der Waals surface area contributed by atoms with E-state index in [1.165, 1.54) is 0 Å². The first-order valence-corrected chi connectivity index (χ1v) is 6.11. The molecule has 0 aliphatic rings. The monoisotopic (exact) mass is 272 g/mol. The number of rotatable bonds is 4. The second-order valence-electron chi connectivity index (χ2n) is 4.12. The van der Waals surface area contributed by atoms with Gasteiger partial charge in [-0.25, -0.2) is 4.98 Å². The first-order chi connectivity index (χ1) is 7.04. The smallest absolute Gasteiger partial charge is 0.265 e. The predicted molar refractivity (Wildman–Crippen MR) is 65.1 cm³/mol. The summed E-state index contributed by atoms with van der Waals surface area (Å²) >= 11 is 3.29. The molecule has 0 saturated heterocycles. The minimum absolute atomic E-state index is 0.0656. The molecule has 0 saturated carbocycles. The van der Waals surface area contributed by atoms with Crippen LogP contribution in [0.3, 0.4) is 0 Å². The molecule has 1 aromatic heterocycles. The van der Waals surface area contributed by atoms with Gasteiger partial charge in [-0.1, -0.05) is 20.8 Å². The highest BCUT2D eigenvalue weighted by Gasteiger charge is 2.09. The molecule has 15 heavy (non-hydrogen) atoms. The van der Waals surface area contributed by atoms with E-state index in [9.17, 15) is 4.79 Å². The second kappa shape index (κ2) is 5.45. The van der Waals surface area contributed by atoms with Crippen LogP contribution in [-0.2, 0) is 12.8 Å². The molecule has 1 rings (SSSR count). The quantitative estimate of drug-likeness (QED) is 0.916. The SMILES string of the molecule is CCCc1nc(CC(C)C)c(Br)c(=O)[nH]1. The first kappa shape index (κ1) is 12.4. The lowest BCUT2D eigenvalue weighted by Gasteiger charge is -2.07. The number of hydrogen-bond acceptors (Lipinski definition) is 2. The molecule has 84 valence electrons. The second-order valence-corrected chi connectivity index (χ2v) is 4.91. The van der Waals surface area contributed by atoms with E-state index in [1.54, 1.807) is 0 Å². The zero-order valence-corrected chi connectivity index (χ0v) is 11.0. The topological polar surface area (TPSA) is 45.8 Å². The van der Waals surface area contributed by atoms with Gasteiger partial charge in [0.1, 0.15) is 10.3 Å². The van der Waals surface area contributed by atoms with E-state index in [4.69, 9.17) is 0 Å². The summed E-state index contributed by atoms with van der Waals surface area (Å²) < 4.78 is 0.580. The summed E-state index contributed by atoms with van der Waals surface area (Å²) in [6.45, 7) is 6.31. The molecule has 0 aliphatic heterocycles. The lowest BCUT2D eigenvalue weighted by Crippen LogP contribution is -2.16. The summed E-state index contributed by atoms with van der Waals surface area (Å²) in [4.78, 5) is 18.8. The Bertz CT molecular complexity index is 385. The van der Waals surface area contributed by atoms with Gasteiger partial charge in [0.05, 0.1) is 5.69 Å². The van der Waals surface area contributed by atoms with Gasteiger partial charge in [-0.3, -0.25) is 4.79 Å². The van der Waals surface area contributed by atoms with Crippen molar-refractivity contribution < 1.29 is 0 Å². The van der Waals surface area contributed by atoms with E-state index in [0.29, 0.717) is 10.4 Å². The van der Waals surface area contributed by atoms with Crippen molar-refractivity contribution in [3.05, 3.63) is 26.3 Å². The van der Waals surface area contributed by atoms with Crippen LogP contribution in [0.4, 0.5) is 0 Å². The zero-order chi connectivity index (χ0) is 11.4. The standard InChI is InChI=1S/C11H17BrN2O/c1-4-5-9-13-8(6-7(2)3)10(12)11(15)14-9/h7H,4-6H2,1-3H3,(H,13,14,15). The number of aryl methyl sites for hydroxylation is 1. The molecule has 0 aromatic carbocycles. The van der Waals surface area contributed by atoms with Gasteiger partial charge in [-0.2, -0.15) is 0 Å². The number of hydrogen-bond donors (Lipinski definition) is 1. The van der Waals surface area contributed by atoms with Crippen LogP contribution in [0.2, 0.25) is 0 Å². The van der Waals surface area contributed by atoms with E-state index < -0.39 is 0 Å². The van der Waals surface area contributed by atoms with Gasteiger partial charge in [0.25, 0.3) is 5.56 Å². The Kier molecular flexibility index (Phi) is 4.51.